The summed E-state index contributed by atoms with van der Waals surface area (Å²) in [6, 6.07) is 0.397. The fraction of sp³-hybridized carbons (Fsp3) is 0.917. The van der Waals surface area contributed by atoms with E-state index in [0.717, 1.165) is 32.4 Å². The van der Waals surface area contributed by atoms with Gasteiger partial charge in [0.1, 0.15) is 0 Å². The Labute approximate surface area is 97.2 Å². The standard InChI is InChI=1S/C12H22N2O2/c1-10-4-2-3-6-14(10)12(16)9-13-7-5-11(15)8-13/h10-11,15H,2-9H2,1H3/t10?,11-/m1/s1. The Hall–Kier alpha value is -0.610. The summed E-state index contributed by atoms with van der Waals surface area (Å²) >= 11 is 0. The van der Waals surface area contributed by atoms with Gasteiger partial charge in [-0.25, -0.2) is 0 Å². The Bertz CT molecular complexity index is 257. The van der Waals surface area contributed by atoms with Gasteiger partial charge in [-0.2, -0.15) is 0 Å². The topological polar surface area (TPSA) is 43.8 Å². The maximum atomic E-state index is 12.1. The molecule has 4 nitrogen and oxygen atoms in total. The molecule has 0 aliphatic carbocycles. The van der Waals surface area contributed by atoms with E-state index in [0.29, 0.717) is 19.1 Å². The van der Waals surface area contributed by atoms with Crippen LogP contribution in [0.25, 0.3) is 0 Å². The number of aliphatic hydroxyl groups excluding tert-OH is 1. The Morgan fingerprint density at radius 2 is 2.12 bits per heavy atom. The Kier molecular flexibility index (Phi) is 3.82. The number of aliphatic hydroxyl groups is 1. The van der Waals surface area contributed by atoms with Crippen molar-refractivity contribution in [3.05, 3.63) is 0 Å². The third kappa shape index (κ3) is 2.74. The van der Waals surface area contributed by atoms with Crippen LogP contribution in [0.15, 0.2) is 0 Å². The molecule has 2 heterocycles. The highest BCUT2D eigenvalue weighted by molar-refractivity contribution is 5.78. The molecule has 1 N–H and O–H groups in total. The molecule has 2 saturated heterocycles. The summed E-state index contributed by atoms with van der Waals surface area (Å²) in [5, 5.41) is 9.41. The quantitative estimate of drug-likeness (QED) is 0.743. The number of likely N-dealkylation sites (tertiary alicyclic amines) is 2. The van der Waals surface area contributed by atoms with Crippen LogP contribution in [0.2, 0.25) is 0 Å². The summed E-state index contributed by atoms with van der Waals surface area (Å²) in [6.07, 6.45) is 4.09. The molecule has 0 aromatic heterocycles. The molecule has 0 radical (unpaired) electrons. The predicted octanol–water partition coefficient (Wildman–Crippen LogP) is 0.454. The van der Waals surface area contributed by atoms with Crippen LogP contribution in [0.3, 0.4) is 0 Å². The number of β-amino-alcohol motifs (C(OH)–C–C–N with tert-alkyl or cyclic N) is 1. The first-order chi connectivity index (χ1) is 7.66. The van der Waals surface area contributed by atoms with Crippen LogP contribution in [0, 0.1) is 0 Å². The van der Waals surface area contributed by atoms with Crippen molar-refractivity contribution in [2.75, 3.05) is 26.2 Å². The third-order valence-corrected chi connectivity index (χ3v) is 3.73. The number of piperidine rings is 1. The minimum Gasteiger partial charge on any atom is -0.392 e. The number of hydrogen-bond donors (Lipinski definition) is 1. The molecule has 1 amide bonds. The first kappa shape index (κ1) is 11.9. The fourth-order valence-electron chi connectivity index (χ4n) is 2.71. The normalized spacial score (nSPS) is 32.0. The molecule has 16 heavy (non-hydrogen) atoms. The van der Waals surface area contributed by atoms with Crippen LogP contribution in [0.1, 0.15) is 32.6 Å². The van der Waals surface area contributed by atoms with E-state index in [-0.39, 0.29) is 12.0 Å². The van der Waals surface area contributed by atoms with E-state index in [2.05, 4.69) is 11.8 Å². The molecular weight excluding hydrogens is 204 g/mol. The maximum absolute atomic E-state index is 12.1. The van der Waals surface area contributed by atoms with E-state index in [1.54, 1.807) is 0 Å². The Morgan fingerprint density at radius 1 is 1.31 bits per heavy atom. The average Bonchev–Trinajstić information content (AvgIpc) is 2.64. The van der Waals surface area contributed by atoms with Gasteiger partial charge in [0.15, 0.2) is 0 Å². The van der Waals surface area contributed by atoms with Gasteiger partial charge in [-0.15, -0.1) is 0 Å². The van der Waals surface area contributed by atoms with Gasteiger partial charge in [0.25, 0.3) is 0 Å². The SMILES string of the molecule is CC1CCCCN1C(=O)CN1CC[C@@H](O)C1. The van der Waals surface area contributed by atoms with Crippen molar-refractivity contribution in [1.82, 2.24) is 9.80 Å². The molecule has 2 fully saturated rings. The van der Waals surface area contributed by atoms with Crippen LogP contribution in [0.5, 0.6) is 0 Å². The molecule has 0 aromatic rings. The molecule has 2 rings (SSSR count). The van der Waals surface area contributed by atoms with Gasteiger partial charge in [-0.3, -0.25) is 9.69 Å². The number of carbonyl (C=O) groups is 1. The van der Waals surface area contributed by atoms with Gasteiger partial charge >= 0.3 is 0 Å². The number of nitrogens with zero attached hydrogens (tertiary/aromatic N) is 2. The lowest BCUT2D eigenvalue weighted by Crippen LogP contribution is -2.46. The Balaban J connectivity index is 1.82. The van der Waals surface area contributed by atoms with E-state index in [1.165, 1.54) is 6.42 Å². The highest BCUT2D eigenvalue weighted by atomic mass is 16.3. The lowest BCUT2D eigenvalue weighted by Gasteiger charge is -2.34. The largest absolute Gasteiger partial charge is 0.392 e. The lowest BCUT2D eigenvalue weighted by atomic mass is 10.0. The first-order valence-electron chi connectivity index (χ1n) is 6.36. The van der Waals surface area contributed by atoms with Crippen molar-refractivity contribution >= 4 is 5.91 Å². The van der Waals surface area contributed by atoms with Gasteiger partial charge in [0.05, 0.1) is 12.6 Å². The number of carbonyl (C=O) groups excluding carboxylic acids is 1. The van der Waals surface area contributed by atoms with Gasteiger partial charge in [0.2, 0.25) is 5.91 Å². The lowest BCUT2D eigenvalue weighted by molar-refractivity contribution is -0.135. The molecule has 0 bridgehead atoms. The smallest absolute Gasteiger partial charge is 0.236 e. The summed E-state index contributed by atoms with van der Waals surface area (Å²) < 4.78 is 0. The monoisotopic (exact) mass is 226 g/mol. The average molecular weight is 226 g/mol. The highest BCUT2D eigenvalue weighted by Crippen LogP contribution is 2.17. The highest BCUT2D eigenvalue weighted by Gasteiger charge is 2.27. The van der Waals surface area contributed by atoms with Crippen LogP contribution < -0.4 is 0 Å². The van der Waals surface area contributed by atoms with E-state index in [9.17, 15) is 9.90 Å². The summed E-state index contributed by atoms with van der Waals surface area (Å²) in [5.41, 5.74) is 0. The Morgan fingerprint density at radius 3 is 2.75 bits per heavy atom. The molecule has 92 valence electrons. The van der Waals surface area contributed by atoms with Crippen molar-refractivity contribution in [2.45, 2.75) is 44.8 Å². The summed E-state index contributed by atoms with van der Waals surface area (Å²) in [7, 11) is 0. The van der Waals surface area contributed by atoms with Gasteiger partial charge in [0, 0.05) is 25.7 Å². The molecule has 0 saturated carbocycles. The molecule has 2 aliphatic heterocycles. The zero-order valence-corrected chi connectivity index (χ0v) is 10.1. The number of rotatable bonds is 2. The van der Waals surface area contributed by atoms with Crippen molar-refractivity contribution in [1.29, 1.82) is 0 Å². The van der Waals surface area contributed by atoms with Crippen LogP contribution in [-0.4, -0.2) is 59.1 Å². The number of hydrogen-bond acceptors (Lipinski definition) is 3. The molecular formula is C12H22N2O2. The second-order valence-electron chi connectivity index (χ2n) is 5.11. The van der Waals surface area contributed by atoms with Crippen molar-refractivity contribution < 1.29 is 9.90 Å². The second kappa shape index (κ2) is 5.15. The zero-order chi connectivity index (χ0) is 11.5. The summed E-state index contributed by atoms with van der Waals surface area (Å²) in [4.78, 5) is 16.1. The zero-order valence-electron chi connectivity index (χ0n) is 10.1. The van der Waals surface area contributed by atoms with Gasteiger partial charge in [-0.05, 0) is 32.6 Å². The minimum atomic E-state index is -0.230. The summed E-state index contributed by atoms with van der Waals surface area (Å²) in [6.45, 7) is 5.05. The van der Waals surface area contributed by atoms with Gasteiger partial charge in [-0.1, -0.05) is 0 Å². The fourth-order valence-corrected chi connectivity index (χ4v) is 2.71. The van der Waals surface area contributed by atoms with Crippen LogP contribution in [0.4, 0.5) is 0 Å². The first-order valence-corrected chi connectivity index (χ1v) is 6.36. The summed E-state index contributed by atoms with van der Waals surface area (Å²) in [5.74, 6) is 0.237. The molecule has 2 aliphatic rings. The number of amides is 1. The van der Waals surface area contributed by atoms with E-state index in [1.807, 2.05) is 4.90 Å². The van der Waals surface area contributed by atoms with Crippen LogP contribution >= 0.6 is 0 Å². The molecule has 1 unspecified atom stereocenters. The van der Waals surface area contributed by atoms with E-state index < -0.39 is 0 Å². The second-order valence-corrected chi connectivity index (χ2v) is 5.11. The van der Waals surface area contributed by atoms with E-state index in [4.69, 9.17) is 0 Å². The van der Waals surface area contributed by atoms with Crippen molar-refractivity contribution in [2.24, 2.45) is 0 Å². The minimum absolute atomic E-state index is 0.230. The third-order valence-electron chi connectivity index (χ3n) is 3.73. The van der Waals surface area contributed by atoms with Crippen LogP contribution in [-0.2, 0) is 4.79 Å². The maximum Gasteiger partial charge on any atom is 0.236 e. The molecule has 4 heteroatoms. The molecule has 0 spiro atoms. The van der Waals surface area contributed by atoms with Crippen molar-refractivity contribution in [3.63, 3.8) is 0 Å². The van der Waals surface area contributed by atoms with Gasteiger partial charge < -0.3 is 10.0 Å². The van der Waals surface area contributed by atoms with E-state index >= 15 is 0 Å². The van der Waals surface area contributed by atoms with Crippen molar-refractivity contribution in [3.8, 4) is 0 Å². The molecule has 2 atom stereocenters. The predicted molar refractivity (Wildman–Crippen MR) is 62.1 cm³/mol. The molecule has 0 aromatic carbocycles.